The molecule has 210 valence electrons. The SMILES string of the molecule is CCOC(C)Oc1cccc(C(=O)N2CCCCC2COc2cccc(OC3CCCCO3)c2C=O)c1C=O. The molecular weight excluding hydrogens is 502 g/mol. The Balaban J connectivity index is 1.49. The van der Waals surface area contributed by atoms with E-state index < -0.39 is 6.29 Å². The topological polar surface area (TPSA) is 101 Å². The minimum absolute atomic E-state index is 0.192. The first kappa shape index (κ1) is 28.6. The van der Waals surface area contributed by atoms with E-state index in [0.717, 1.165) is 44.8 Å². The number of amides is 1. The van der Waals surface area contributed by atoms with Crippen LogP contribution in [0, 0.1) is 0 Å². The van der Waals surface area contributed by atoms with Gasteiger partial charge in [0.25, 0.3) is 5.91 Å². The third-order valence-electron chi connectivity index (χ3n) is 6.97. The highest BCUT2D eigenvalue weighted by Crippen LogP contribution is 2.31. The summed E-state index contributed by atoms with van der Waals surface area (Å²) in [6, 6.07) is 9.97. The summed E-state index contributed by atoms with van der Waals surface area (Å²) in [5, 5.41) is 0. The normalized spacial score (nSPS) is 20.1. The molecule has 0 spiro atoms. The molecule has 0 aromatic heterocycles. The number of carbonyl (C=O) groups excluding carboxylic acids is 3. The fourth-order valence-corrected chi connectivity index (χ4v) is 5.00. The number of piperidine rings is 1. The number of aldehydes is 2. The van der Waals surface area contributed by atoms with Crippen molar-refractivity contribution in [2.45, 2.75) is 71.0 Å². The first-order valence-corrected chi connectivity index (χ1v) is 13.7. The van der Waals surface area contributed by atoms with Gasteiger partial charge < -0.3 is 28.6 Å². The van der Waals surface area contributed by atoms with Gasteiger partial charge in [-0.05, 0) is 70.2 Å². The van der Waals surface area contributed by atoms with E-state index in [1.54, 1.807) is 48.2 Å². The van der Waals surface area contributed by atoms with Gasteiger partial charge in [0, 0.05) is 19.6 Å². The van der Waals surface area contributed by atoms with Gasteiger partial charge in [0.1, 0.15) is 23.9 Å². The molecule has 2 aromatic rings. The summed E-state index contributed by atoms with van der Waals surface area (Å²) in [4.78, 5) is 39.5. The molecule has 9 heteroatoms. The molecule has 0 aliphatic carbocycles. The predicted octanol–water partition coefficient (Wildman–Crippen LogP) is 5.05. The van der Waals surface area contributed by atoms with Crippen molar-refractivity contribution in [3.8, 4) is 17.2 Å². The van der Waals surface area contributed by atoms with Crippen molar-refractivity contribution in [2.24, 2.45) is 0 Å². The molecule has 9 nitrogen and oxygen atoms in total. The van der Waals surface area contributed by atoms with Crippen LogP contribution in [0.3, 0.4) is 0 Å². The van der Waals surface area contributed by atoms with Gasteiger partial charge in [-0.1, -0.05) is 12.1 Å². The van der Waals surface area contributed by atoms with Gasteiger partial charge in [0.05, 0.1) is 29.3 Å². The van der Waals surface area contributed by atoms with Crippen LogP contribution in [0.1, 0.15) is 83.4 Å². The van der Waals surface area contributed by atoms with Crippen molar-refractivity contribution in [3.63, 3.8) is 0 Å². The zero-order valence-electron chi connectivity index (χ0n) is 22.6. The third kappa shape index (κ3) is 7.16. The predicted molar refractivity (Wildman–Crippen MR) is 144 cm³/mol. The van der Waals surface area contributed by atoms with Gasteiger partial charge in [0.15, 0.2) is 25.2 Å². The van der Waals surface area contributed by atoms with Gasteiger partial charge in [-0.25, -0.2) is 0 Å². The van der Waals surface area contributed by atoms with E-state index >= 15 is 0 Å². The van der Waals surface area contributed by atoms with E-state index in [-0.39, 0.29) is 36.0 Å². The average molecular weight is 540 g/mol. The van der Waals surface area contributed by atoms with Gasteiger partial charge in [-0.15, -0.1) is 0 Å². The molecule has 2 heterocycles. The molecule has 4 rings (SSSR count). The Labute approximate surface area is 229 Å². The van der Waals surface area contributed by atoms with Crippen LogP contribution >= 0.6 is 0 Å². The summed E-state index contributed by atoms with van der Waals surface area (Å²) in [5.41, 5.74) is 0.781. The van der Waals surface area contributed by atoms with Crippen molar-refractivity contribution in [3.05, 3.63) is 53.1 Å². The van der Waals surface area contributed by atoms with Crippen LogP contribution in [0.2, 0.25) is 0 Å². The number of hydrogen-bond acceptors (Lipinski definition) is 8. The first-order valence-electron chi connectivity index (χ1n) is 13.7. The minimum Gasteiger partial charge on any atom is -0.491 e. The van der Waals surface area contributed by atoms with E-state index in [4.69, 9.17) is 23.7 Å². The van der Waals surface area contributed by atoms with Crippen LogP contribution in [-0.2, 0) is 9.47 Å². The summed E-state index contributed by atoms with van der Waals surface area (Å²) in [6.45, 7) is 5.42. The number of carbonyl (C=O) groups is 3. The lowest BCUT2D eigenvalue weighted by Gasteiger charge is -2.36. The van der Waals surface area contributed by atoms with Crippen LogP contribution < -0.4 is 14.2 Å². The molecule has 3 unspecified atom stereocenters. The first-order chi connectivity index (χ1) is 19.0. The molecule has 0 saturated carbocycles. The minimum atomic E-state index is -0.563. The molecule has 1 amide bonds. The van der Waals surface area contributed by atoms with Crippen molar-refractivity contribution in [1.82, 2.24) is 4.90 Å². The lowest BCUT2D eigenvalue weighted by Crippen LogP contribution is -2.47. The van der Waals surface area contributed by atoms with Crippen molar-refractivity contribution < 1.29 is 38.1 Å². The molecule has 0 bridgehead atoms. The standard InChI is InChI=1S/C30H37NO8/c1-3-35-21(2)38-27-13-8-11-23(24(27)18-32)30(34)31-16-6-4-10-22(31)20-37-26-12-9-14-28(25(26)19-33)39-29-15-5-7-17-36-29/h8-9,11-14,18-19,21-22,29H,3-7,10,15-17,20H2,1-2H3. The summed E-state index contributed by atoms with van der Waals surface area (Å²) in [5.74, 6) is 0.850. The van der Waals surface area contributed by atoms with Crippen molar-refractivity contribution in [1.29, 1.82) is 0 Å². The van der Waals surface area contributed by atoms with E-state index in [2.05, 4.69) is 0 Å². The molecule has 2 aromatic carbocycles. The molecule has 0 radical (unpaired) electrons. The fraction of sp³-hybridized carbons (Fsp3) is 0.500. The second kappa shape index (κ2) is 14.1. The van der Waals surface area contributed by atoms with Crippen molar-refractivity contribution in [2.75, 3.05) is 26.4 Å². The lowest BCUT2D eigenvalue weighted by atomic mass is 9.99. The van der Waals surface area contributed by atoms with E-state index in [1.165, 1.54) is 0 Å². The second-order valence-corrected chi connectivity index (χ2v) is 9.64. The van der Waals surface area contributed by atoms with Crippen LogP contribution in [0.5, 0.6) is 17.2 Å². The molecular formula is C30H37NO8. The molecule has 3 atom stereocenters. The highest BCUT2D eigenvalue weighted by atomic mass is 16.7. The maximum Gasteiger partial charge on any atom is 0.255 e. The highest BCUT2D eigenvalue weighted by molar-refractivity contribution is 6.03. The van der Waals surface area contributed by atoms with Crippen LogP contribution in [0.15, 0.2) is 36.4 Å². The lowest BCUT2D eigenvalue weighted by molar-refractivity contribution is -0.106. The number of ether oxygens (including phenoxy) is 5. The Morgan fingerprint density at radius 3 is 2.49 bits per heavy atom. The number of benzene rings is 2. The Bertz CT molecular complexity index is 1130. The Hall–Kier alpha value is -3.43. The molecule has 39 heavy (non-hydrogen) atoms. The monoisotopic (exact) mass is 539 g/mol. The molecule has 2 fully saturated rings. The van der Waals surface area contributed by atoms with E-state index in [1.807, 2.05) is 6.92 Å². The Kier molecular flexibility index (Phi) is 10.3. The molecule has 2 saturated heterocycles. The summed E-state index contributed by atoms with van der Waals surface area (Å²) >= 11 is 0. The summed E-state index contributed by atoms with van der Waals surface area (Å²) in [7, 11) is 0. The van der Waals surface area contributed by atoms with Gasteiger partial charge >= 0.3 is 0 Å². The highest BCUT2D eigenvalue weighted by Gasteiger charge is 2.31. The molecule has 2 aliphatic rings. The van der Waals surface area contributed by atoms with Gasteiger partial charge in [0.2, 0.25) is 0 Å². The molecule has 0 N–H and O–H groups in total. The molecule has 2 aliphatic heterocycles. The number of likely N-dealkylation sites (tertiary alicyclic amines) is 1. The maximum absolute atomic E-state index is 13.7. The Morgan fingerprint density at radius 2 is 1.74 bits per heavy atom. The zero-order chi connectivity index (χ0) is 27.6. The second-order valence-electron chi connectivity index (χ2n) is 9.64. The largest absolute Gasteiger partial charge is 0.491 e. The average Bonchev–Trinajstić information content (AvgIpc) is 2.96. The fourth-order valence-electron chi connectivity index (χ4n) is 5.00. The third-order valence-corrected chi connectivity index (χ3v) is 6.97. The van der Waals surface area contributed by atoms with Crippen LogP contribution in [0.4, 0.5) is 0 Å². The quantitative estimate of drug-likeness (QED) is 0.273. The Morgan fingerprint density at radius 1 is 1.00 bits per heavy atom. The van der Waals surface area contributed by atoms with Crippen molar-refractivity contribution >= 4 is 18.5 Å². The van der Waals surface area contributed by atoms with Crippen LogP contribution in [0.25, 0.3) is 0 Å². The zero-order valence-corrected chi connectivity index (χ0v) is 22.6. The van der Waals surface area contributed by atoms with Crippen LogP contribution in [-0.4, -0.2) is 68.4 Å². The number of rotatable bonds is 12. The van der Waals surface area contributed by atoms with E-state index in [9.17, 15) is 14.4 Å². The maximum atomic E-state index is 13.7. The summed E-state index contributed by atoms with van der Waals surface area (Å²) in [6.07, 6.45) is 5.72. The number of nitrogens with zero attached hydrogens (tertiary/aromatic N) is 1. The smallest absolute Gasteiger partial charge is 0.255 e. The van der Waals surface area contributed by atoms with Gasteiger partial charge in [-0.3, -0.25) is 14.4 Å². The summed E-state index contributed by atoms with van der Waals surface area (Å²) < 4.78 is 28.9. The number of hydrogen-bond donors (Lipinski definition) is 0. The van der Waals surface area contributed by atoms with E-state index in [0.29, 0.717) is 48.9 Å². The van der Waals surface area contributed by atoms with Gasteiger partial charge in [-0.2, -0.15) is 0 Å².